The van der Waals surface area contributed by atoms with Gasteiger partial charge in [0.15, 0.2) is 0 Å². The zero-order valence-corrected chi connectivity index (χ0v) is 12.6. The molecule has 0 aromatic rings. The SMILES string of the molecule is CCOC(=O)C(C)(N)CCSCC(=O)N1CCCC1. The molecule has 1 rings (SSSR count). The summed E-state index contributed by atoms with van der Waals surface area (Å²) in [4.78, 5) is 25.3. The standard InChI is InChI=1S/C13H24N2O3S/c1-3-18-12(17)13(2,14)6-9-19-10-11(16)15-7-4-5-8-15/h3-10,14H2,1-2H3. The van der Waals surface area contributed by atoms with Gasteiger partial charge in [-0.15, -0.1) is 0 Å². The van der Waals surface area contributed by atoms with Crippen molar-refractivity contribution >= 4 is 23.6 Å². The van der Waals surface area contributed by atoms with E-state index in [4.69, 9.17) is 10.5 Å². The minimum Gasteiger partial charge on any atom is -0.465 e. The minimum absolute atomic E-state index is 0.192. The first kappa shape index (κ1) is 16.3. The Labute approximate surface area is 119 Å². The molecule has 1 aliphatic heterocycles. The van der Waals surface area contributed by atoms with Crippen molar-refractivity contribution in [3.8, 4) is 0 Å². The second-order valence-electron chi connectivity index (χ2n) is 5.03. The third-order valence-corrected chi connectivity index (χ3v) is 4.14. The normalized spacial score (nSPS) is 18.2. The zero-order chi connectivity index (χ0) is 14.3. The van der Waals surface area contributed by atoms with Crippen molar-refractivity contribution < 1.29 is 14.3 Å². The molecule has 0 radical (unpaired) electrons. The Morgan fingerprint density at radius 3 is 2.58 bits per heavy atom. The summed E-state index contributed by atoms with van der Waals surface area (Å²) >= 11 is 1.53. The van der Waals surface area contributed by atoms with E-state index in [1.165, 1.54) is 11.8 Å². The highest BCUT2D eigenvalue weighted by Gasteiger charge is 2.29. The lowest BCUT2D eigenvalue weighted by Crippen LogP contribution is -2.46. The summed E-state index contributed by atoms with van der Waals surface area (Å²) in [6, 6.07) is 0. The summed E-state index contributed by atoms with van der Waals surface area (Å²) < 4.78 is 4.92. The molecule has 110 valence electrons. The van der Waals surface area contributed by atoms with Crippen LogP contribution in [-0.2, 0) is 14.3 Å². The monoisotopic (exact) mass is 288 g/mol. The number of amides is 1. The van der Waals surface area contributed by atoms with Gasteiger partial charge in [0.2, 0.25) is 5.91 Å². The molecule has 1 saturated heterocycles. The highest BCUT2D eigenvalue weighted by Crippen LogP contribution is 2.15. The molecule has 0 bridgehead atoms. The van der Waals surface area contributed by atoms with Gasteiger partial charge in [-0.25, -0.2) is 0 Å². The maximum absolute atomic E-state index is 11.8. The fourth-order valence-corrected chi connectivity index (χ4v) is 2.97. The highest BCUT2D eigenvalue weighted by molar-refractivity contribution is 7.99. The number of likely N-dealkylation sites (tertiary alicyclic amines) is 1. The third kappa shape index (κ3) is 5.40. The maximum Gasteiger partial charge on any atom is 0.325 e. The summed E-state index contributed by atoms with van der Waals surface area (Å²) in [7, 11) is 0. The third-order valence-electron chi connectivity index (χ3n) is 3.19. The number of nitrogens with zero attached hydrogens (tertiary/aromatic N) is 1. The van der Waals surface area contributed by atoms with Crippen LogP contribution < -0.4 is 5.73 Å². The molecular weight excluding hydrogens is 264 g/mol. The smallest absolute Gasteiger partial charge is 0.325 e. The molecule has 0 aromatic carbocycles. The minimum atomic E-state index is -0.959. The predicted octanol–water partition coefficient (Wildman–Crippen LogP) is 1.01. The number of ether oxygens (including phenoxy) is 1. The first-order chi connectivity index (χ1) is 8.97. The molecule has 0 spiro atoms. The molecule has 1 amide bonds. The molecule has 0 aromatic heterocycles. The number of esters is 1. The first-order valence-electron chi connectivity index (χ1n) is 6.79. The summed E-state index contributed by atoms with van der Waals surface area (Å²) in [5, 5.41) is 0. The van der Waals surface area contributed by atoms with Gasteiger partial charge < -0.3 is 15.4 Å². The number of hydrogen-bond acceptors (Lipinski definition) is 5. The predicted molar refractivity (Wildman–Crippen MR) is 77.0 cm³/mol. The number of thioether (sulfide) groups is 1. The molecule has 0 saturated carbocycles. The van der Waals surface area contributed by atoms with Crippen molar-refractivity contribution in [3.05, 3.63) is 0 Å². The van der Waals surface area contributed by atoms with Crippen molar-refractivity contribution in [1.82, 2.24) is 4.90 Å². The summed E-state index contributed by atoms with van der Waals surface area (Å²) in [6.45, 7) is 5.55. The lowest BCUT2D eigenvalue weighted by Gasteiger charge is -2.22. The second kappa shape index (κ2) is 7.75. The maximum atomic E-state index is 11.8. The molecule has 1 atom stereocenters. The molecule has 1 unspecified atom stereocenters. The van der Waals surface area contributed by atoms with Crippen molar-refractivity contribution in [3.63, 3.8) is 0 Å². The van der Waals surface area contributed by atoms with Crippen molar-refractivity contribution in [2.75, 3.05) is 31.2 Å². The molecule has 2 N–H and O–H groups in total. The van der Waals surface area contributed by atoms with Gasteiger partial charge in [0.25, 0.3) is 0 Å². The number of hydrogen-bond donors (Lipinski definition) is 1. The Morgan fingerprint density at radius 1 is 1.37 bits per heavy atom. The van der Waals surface area contributed by atoms with E-state index in [1.807, 2.05) is 4.90 Å². The van der Waals surface area contributed by atoms with Crippen LogP contribution in [0, 0.1) is 0 Å². The van der Waals surface area contributed by atoms with Crippen molar-refractivity contribution in [2.24, 2.45) is 5.73 Å². The van der Waals surface area contributed by atoms with Crippen LogP contribution in [0.3, 0.4) is 0 Å². The van der Waals surface area contributed by atoms with Gasteiger partial charge in [-0.2, -0.15) is 11.8 Å². The van der Waals surface area contributed by atoms with E-state index in [9.17, 15) is 9.59 Å². The first-order valence-corrected chi connectivity index (χ1v) is 7.94. The molecule has 6 heteroatoms. The van der Waals surface area contributed by atoms with Gasteiger partial charge in [0.1, 0.15) is 5.54 Å². The van der Waals surface area contributed by atoms with E-state index in [0.29, 0.717) is 24.5 Å². The van der Waals surface area contributed by atoms with Crippen molar-refractivity contribution in [1.29, 1.82) is 0 Å². The van der Waals surface area contributed by atoms with Gasteiger partial charge in [-0.1, -0.05) is 0 Å². The van der Waals surface area contributed by atoms with Crippen LogP contribution in [0.4, 0.5) is 0 Å². The summed E-state index contributed by atoms with van der Waals surface area (Å²) in [5.74, 6) is 0.975. The molecule has 5 nitrogen and oxygen atoms in total. The van der Waals surface area contributed by atoms with Crippen molar-refractivity contribution in [2.45, 2.75) is 38.6 Å². The fraction of sp³-hybridized carbons (Fsp3) is 0.846. The largest absolute Gasteiger partial charge is 0.465 e. The zero-order valence-electron chi connectivity index (χ0n) is 11.8. The van der Waals surface area contributed by atoms with Crippen LogP contribution in [0.1, 0.15) is 33.1 Å². The van der Waals surface area contributed by atoms with Crippen LogP contribution in [0.25, 0.3) is 0 Å². The van der Waals surface area contributed by atoms with Crippen LogP contribution in [0.5, 0.6) is 0 Å². The highest BCUT2D eigenvalue weighted by atomic mass is 32.2. The summed E-state index contributed by atoms with van der Waals surface area (Å²) in [6.07, 6.45) is 2.74. The van der Waals surface area contributed by atoms with Gasteiger partial charge in [0, 0.05) is 13.1 Å². The lowest BCUT2D eigenvalue weighted by atomic mass is 10.0. The summed E-state index contributed by atoms with van der Waals surface area (Å²) in [5.41, 5.74) is 4.94. The van der Waals surface area contributed by atoms with Crippen LogP contribution in [-0.4, -0.2) is 53.5 Å². The molecular formula is C13H24N2O3S. The van der Waals surface area contributed by atoms with Gasteiger partial charge in [-0.3, -0.25) is 9.59 Å². The molecule has 0 aliphatic carbocycles. The average Bonchev–Trinajstić information content (AvgIpc) is 2.88. The Kier molecular flexibility index (Phi) is 6.65. The molecule has 1 heterocycles. The van der Waals surface area contributed by atoms with Gasteiger partial charge in [-0.05, 0) is 38.9 Å². The average molecular weight is 288 g/mol. The Balaban J connectivity index is 2.18. The van der Waals surface area contributed by atoms with E-state index in [1.54, 1.807) is 13.8 Å². The number of carbonyl (C=O) groups is 2. The Morgan fingerprint density at radius 2 is 2.00 bits per heavy atom. The van der Waals surface area contributed by atoms with Crippen LogP contribution in [0.2, 0.25) is 0 Å². The van der Waals surface area contributed by atoms with E-state index in [0.717, 1.165) is 25.9 Å². The number of carbonyl (C=O) groups excluding carboxylic acids is 2. The number of nitrogens with two attached hydrogens (primary N) is 1. The van der Waals surface area contributed by atoms with E-state index in [2.05, 4.69) is 0 Å². The van der Waals surface area contributed by atoms with Crippen LogP contribution in [0.15, 0.2) is 0 Å². The quantitative estimate of drug-likeness (QED) is 0.559. The second-order valence-corrected chi connectivity index (χ2v) is 6.13. The van der Waals surface area contributed by atoms with E-state index in [-0.39, 0.29) is 11.9 Å². The molecule has 19 heavy (non-hydrogen) atoms. The number of rotatable bonds is 7. The lowest BCUT2D eigenvalue weighted by molar-refractivity contribution is -0.149. The van der Waals surface area contributed by atoms with Crippen LogP contribution >= 0.6 is 11.8 Å². The Bertz CT molecular complexity index is 315. The molecule has 1 aliphatic rings. The van der Waals surface area contributed by atoms with Gasteiger partial charge in [0.05, 0.1) is 12.4 Å². The fourth-order valence-electron chi connectivity index (χ4n) is 1.90. The van der Waals surface area contributed by atoms with Gasteiger partial charge >= 0.3 is 5.97 Å². The van der Waals surface area contributed by atoms with E-state index < -0.39 is 5.54 Å². The van der Waals surface area contributed by atoms with E-state index >= 15 is 0 Å². The molecule has 1 fully saturated rings. The topological polar surface area (TPSA) is 72.6 Å². The Hall–Kier alpha value is -0.750.